The van der Waals surface area contributed by atoms with Gasteiger partial charge in [0.25, 0.3) is 0 Å². The first-order chi connectivity index (χ1) is 16.5. The van der Waals surface area contributed by atoms with Crippen LogP contribution in [0.5, 0.6) is 0 Å². The number of nitrogens with two attached hydrogens (primary N) is 3. The van der Waals surface area contributed by atoms with Crippen molar-refractivity contribution in [2.45, 2.75) is 70.7 Å². The summed E-state index contributed by atoms with van der Waals surface area (Å²) in [5, 5.41) is 10.9. The van der Waals surface area contributed by atoms with Gasteiger partial charge in [-0.15, -0.1) is 0 Å². The number of hydrogen-bond acceptors (Lipinski definition) is 11. The van der Waals surface area contributed by atoms with Gasteiger partial charge in [0.2, 0.25) is 0 Å². The van der Waals surface area contributed by atoms with E-state index in [4.69, 9.17) is 32.3 Å². The Labute approximate surface area is 211 Å². The highest BCUT2D eigenvalue weighted by Gasteiger charge is 2.56. The van der Waals surface area contributed by atoms with E-state index < -0.39 is 58.4 Å². The normalized spacial score (nSPS) is 21.6. The summed E-state index contributed by atoms with van der Waals surface area (Å²) >= 11 is 0. The van der Waals surface area contributed by atoms with Crippen LogP contribution in [0.3, 0.4) is 0 Å². The summed E-state index contributed by atoms with van der Waals surface area (Å²) < 4.78 is 5.24. The number of Topliss-reactive ketones (excluding diaryl/α,β-unsaturated/α-hetero) is 1. The molecule has 1 saturated heterocycles. The third kappa shape index (κ3) is 6.26. The summed E-state index contributed by atoms with van der Waals surface area (Å²) in [6.45, 7) is 10.2. The predicted molar refractivity (Wildman–Crippen MR) is 132 cm³/mol. The first-order valence-electron chi connectivity index (χ1n) is 11.6. The van der Waals surface area contributed by atoms with Gasteiger partial charge in [-0.3, -0.25) is 20.4 Å². The minimum Gasteiger partial charge on any atom is -0.444 e. The molecule has 12 nitrogen and oxygen atoms in total. The SMILES string of the molecule is CC(C)(C)OC(=O)NC(=N)C1CNO[C@H]1[C@@H](C(=O)C(N)[C@](N)(C(=O)ON)C(C)(C)C)c1ccccc1. The molecule has 36 heavy (non-hydrogen) atoms. The predicted octanol–water partition coefficient (Wildman–Crippen LogP) is 0.849. The molecule has 1 heterocycles. The average molecular weight is 507 g/mol. The highest BCUT2D eigenvalue weighted by atomic mass is 16.7. The largest absolute Gasteiger partial charge is 0.444 e. The van der Waals surface area contributed by atoms with Gasteiger partial charge in [-0.2, -0.15) is 5.90 Å². The molecule has 0 bridgehead atoms. The number of benzene rings is 1. The van der Waals surface area contributed by atoms with Gasteiger partial charge in [0.1, 0.15) is 23.1 Å². The molecule has 1 fully saturated rings. The van der Waals surface area contributed by atoms with Crippen LogP contribution in [0.4, 0.5) is 4.79 Å². The number of hydrogen-bond donors (Lipinski definition) is 6. The van der Waals surface area contributed by atoms with E-state index in [0.29, 0.717) is 5.56 Å². The molecule has 1 aromatic rings. The summed E-state index contributed by atoms with van der Waals surface area (Å²) in [5.41, 5.74) is 12.3. The van der Waals surface area contributed by atoms with Crippen molar-refractivity contribution in [2.24, 2.45) is 28.7 Å². The second-order valence-electron chi connectivity index (χ2n) is 10.9. The minimum absolute atomic E-state index is 0.128. The van der Waals surface area contributed by atoms with Gasteiger partial charge < -0.3 is 21.0 Å². The first-order valence-corrected chi connectivity index (χ1v) is 11.6. The Kier molecular flexibility index (Phi) is 8.97. The van der Waals surface area contributed by atoms with Crippen LogP contribution in [-0.2, 0) is 24.0 Å². The van der Waals surface area contributed by atoms with Gasteiger partial charge in [-0.1, -0.05) is 51.1 Å². The molecule has 200 valence electrons. The minimum atomic E-state index is -1.98. The number of nitrogens with one attached hydrogen (secondary N) is 3. The molecule has 2 rings (SSSR count). The molecule has 2 unspecified atom stereocenters. The van der Waals surface area contributed by atoms with Crippen LogP contribution in [0.1, 0.15) is 53.0 Å². The maximum absolute atomic E-state index is 14.0. The molecule has 1 aliphatic heterocycles. The van der Waals surface area contributed by atoms with Crippen LogP contribution in [-0.4, -0.2) is 53.5 Å². The van der Waals surface area contributed by atoms with Crippen molar-refractivity contribution >= 4 is 23.7 Å². The van der Waals surface area contributed by atoms with E-state index in [1.54, 1.807) is 71.9 Å². The Morgan fingerprint density at radius 1 is 1.14 bits per heavy atom. The topological polar surface area (TPSA) is 205 Å². The zero-order chi connectivity index (χ0) is 27.5. The van der Waals surface area contributed by atoms with Crippen molar-refractivity contribution in [3.8, 4) is 0 Å². The number of carbonyl (C=O) groups is 3. The zero-order valence-electron chi connectivity index (χ0n) is 21.6. The van der Waals surface area contributed by atoms with Gasteiger partial charge >= 0.3 is 12.1 Å². The lowest BCUT2D eigenvalue weighted by atomic mass is 9.66. The van der Waals surface area contributed by atoms with Gasteiger partial charge in [0.15, 0.2) is 5.78 Å². The molecule has 0 saturated carbocycles. The molecule has 0 radical (unpaired) electrons. The number of alkyl carbamates (subject to hydrolysis) is 1. The summed E-state index contributed by atoms with van der Waals surface area (Å²) in [4.78, 5) is 49.0. The van der Waals surface area contributed by atoms with Gasteiger partial charge in [0.05, 0.1) is 17.9 Å². The maximum atomic E-state index is 14.0. The smallest absolute Gasteiger partial charge is 0.413 e. The Morgan fingerprint density at radius 3 is 2.22 bits per heavy atom. The molecule has 12 heteroatoms. The molecule has 0 aromatic heterocycles. The van der Waals surface area contributed by atoms with Crippen LogP contribution < -0.4 is 28.2 Å². The molecule has 1 aromatic carbocycles. The van der Waals surface area contributed by atoms with Gasteiger partial charge in [-0.25, -0.2) is 15.1 Å². The monoisotopic (exact) mass is 506 g/mol. The number of hydroxylamine groups is 1. The zero-order valence-corrected chi connectivity index (χ0v) is 21.6. The van der Waals surface area contributed by atoms with E-state index in [1.165, 1.54) is 0 Å². The summed E-state index contributed by atoms with van der Waals surface area (Å²) in [5.74, 6) is 1.46. The Balaban J connectivity index is 2.46. The third-order valence-corrected chi connectivity index (χ3v) is 6.20. The maximum Gasteiger partial charge on any atom is 0.413 e. The molecular weight excluding hydrogens is 468 g/mol. The van der Waals surface area contributed by atoms with Crippen molar-refractivity contribution < 1.29 is 28.8 Å². The second-order valence-corrected chi connectivity index (χ2v) is 10.9. The van der Waals surface area contributed by atoms with E-state index >= 15 is 0 Å². The fraction of sp³-hybridized carbons (Fsp3) is 0.583. The summed E-state index contributed by atoms with van der Waals surface area (Å²) in [6, 6.07) is 7.10. The Hall–Kier alpha value is -2.90. The lowest BCUT2D eigenvalue weighted by Gasteiger charge is -2.43. The average Bonchev–Trinajstić information content (AvgIpc) is 3.25. The van der Waals surface area contributed by atoms with E-state index in [9.17, 15) is 14.4 Å². The molecule has 1 aliphatic rings. The van der Waals surface area contributed by atoms with Crippen molar-refractivity contribution in [2.75, 3.05) is 6.54 Å². The van der Waals surface area contributed by atoms with Crippen LogP contribution in [0.25, 0.3) is 0 Å². The molecular formula is C24H38N6O6. The quantitative estimate of drug-likeness (QED) is 0.175. The molecule has 5 atom stereocenters. The first kappa shape index (κ1) is 29.3. The van der Waals surface area contributed by atoms with Crippen LogP contribution in [0, 0.1) is 16.7 Å². The molecule has 1 amide bonds. The number of ketones is 1. The molecule has 9 N–H and O–H groups in total. The highest BCUT2D eigenvalue weighted by Crippen LogP contribution is 2.37. The van der Waals surface area contributed by atoms with Crippen molar-refractivity contribution in [3.05, 3.63) is 35.9 Å². The Bertz CT molecular complexity index is 974. The Morgan fingerprint density at radius 2 is 1.72 bits per heavy atom. The van der Waals surface area contributed by atoms with Gasteiger partial charge in [0, 0.05) is 6.54 Å². The molecule has 0 spiro atoms. The van der Waals surface area contributed by atoms with Crippen LogP contribution in [0.15, 0.2) is 30.3 Å². The van der Waals surface area contributed by atoms with Crippen LogP contribution >= 0.6 is 0 Å². The standard InChI is InChI=1S/C24H38N6O6/c1-22(2,3)24(27,20(32)35-28)18(25)16(31)15(13-10-8-7-9-11-13)17-14(12-29-36-17)19(26)30-21(33)34-23(4,5)6/h7-11,14-15,17-18,29H,12,25,27-28H2,1-6H3,(H2,26,30,33)/t14?,15-,17-,18?,24+/m1/s1. The lowest BCUT2D eigenvalue weighted by Crippen LogP contribution is -2.72. The third-order valence-electron chi connectivity index (χ3n) is 6.20. The van der Waals surface area contributed by atoms with E-state index in [0.717, 1.165) is 0 Å². The number of rotatable bonds is 7. The van der Waals surface area contributed by atoms with Crippen molar-refractivity contribution in [3.63, 3.8) is 0 Å². The van der Waals surface area contributed by atoms with E-state index in [1.807, 2.05) is 0 Å². The fourth-order valence-corrected chi connectivity index (χ4v) is 4.10. The highest BCUT2D eigenvalue weighted by molar-refractivity contribution is 6.00. The summed E-state index contributed by atoms with van der Waals surface area (Å²) in [6.07, 6.45) is -1.77. The number of carbonyl (C=O) groups excluding carboxylic acids is 3. The number of amidine groups is 1. The van der Waals surface area contributed by atoms with Crippen molar-refractivity contribution in [1.82, 2.24) is 10.8 Å². The van der Waals surface area contributed by atoms with Crippen LogP contribution in [0.2, 0.25) is 0 Å². The van der Waals surface area contributed by atoms with E-state index in [2.05, 4.69) is 15.6 Å². The lowest BCUT2D eigenvalue weighted by molar-refractivity contribution is -0.159. The second kappa shape index (κ2) is 11.0. The molecule has 0 aliphatic carbocycles. The number of ether oxygens (including phenoxy) is 1. The summed E-state index contributed by atoms with van der Waals surface area (Å²) in [7, 11) is 0. The van der Waals surface area contributed by atoms with Gasteiger partial charge in [-0.05, 0) is 31.7 Å². The number of amides is 1. The van der Waals surface area contributed by atoms with E-state index in [-0.39, 0.29) is 12.4 Å². The fourth-order valence-electron chi connectivity index (χ4n) is 4.10. The van der Waals surface area contributed by atoms with Crippen molar-refractivity contribution in [1.29, 1.82) is 5.41 Å².